The maximum atomic E-state index is 14.8. The molecule has 160 valence electrons. The van der Waals surface area contributed by atoms with Crippen LogP contribution in [0.1, 0.15) is 29.1 Å². The summed E-state index contributed by atoms with van der Waals surface area (Å²) in [6.07, 6.45) is 1.73. The number of pyridine rings is 1. The van der Waals surface area contributed by atoms with E-state index in [4.69, 9.17) is 28.2 Å². The number of anilines is 1. The van der Waals surface area contributed by atoms with E-state index in [2.05, 4.69) is 10.3 Å². The predicted octanol–water partition coefficient (Wildman–Crippen LogP) is 6.62. The molecule has 2 aromatic carbocycles. The van der Waals surface area contributed by atoms with Gasteiger partial charge in [0.15, 0.2) is 5.11 Å². The molecule has 2 atom stereocenters. The first-order chi connectivity index (χ1) is 15.5. The van der Waals surface area contributed by atoms with Crippen LogP contribution in [-0.4, -0.2) is 10.1 Å². The summed E-state index contributed by atoms with van der Waals surface area (Å²) in [5.41, 5.74) is 3.03. The third-order valence-electron chi connectivity index (χ3n) is 5.58. The van der Waals surface area contributed by atoms with Gasteiger partial charge in [0, 0.05) is 16.8 Å². The lowest BCUT2D eigenvalue weighted by atomic mass is 10.0. The Bertz CT molecular complexity index is 1290. The topological polar surface area (TPSA) is 41.3 Å². The second-order valence-electron chi connectivity index (χ2n) is 7.61. The third-order valence-corrected chi connectivity index (χ3v) is 6.31. The van der Waals surface area contributed by atoms with Crippen molar-refractivity contribution in [1.82, 2.24) is 10.3 Å². The summed E-state index contributed by atoms with van der Waals surface area (Å²) >= 11 is 11.9. The third kappa shape index (κ3) is 3.66. The van der Waals surface area contributed by atoms with Crippen LogP contribution >= 0.6 is 23.8 Å². The van der Waals surface area contributed by atoms with Gasteiger partial charge in [0.05, 0.1) is 17.4 Å². The van der Waals surface area contributed by atoms with Crippen LogP contribution in [0.4, 0.5) is 10.1 Å². The van der Waals surface area contributed by atoms with Gasteiger partial charge >= 0.3 is 0 Å². The Labute approximate surface area is 195 Å². The summed E-state index contributed by atoms with van der Waals surface area (Å²) in [5, 5.41) is 4.39. The number of aromatic nitrogens is 1. The van der Waals surface area contributed by atoms with E-state index >= 15 is 0 Å². The zero-order valence-electron chi connectivity index (χ0n) is 17.1. The molecule has 0 aliphatic carbocycles. The minimum absolute atomic E-state index is 0.316. The van der Waals surface area contributed by atoms with E-state index in [1.807, 2.05) is 55.5 Å². The van der Waals surface area contributed by atoms with Crippen LogP contribution < -0.4 is 10.2 Å². The minimum atomic E-state index is -0.427. The van der Waals surface area contributed by atoms with Gasteiger partial charge in [0.25, 0.3) is 0 Å². The van der Waals surface area contributed by atoms with E-state index < -0.39 is 6.04 Å². The van der Waals surface area contributed by atoms with E-state index in [9.17, 15) is 4.39 Å². The molecule has 0 unspecified atom stereocenters. The summed E-state index contributed by atoms with van der Waals surface area (Å²) in [4.78, 5) is 6.26. The van der Waals surface area contributed by atoms with Crippen LogP contribution in [0.5, 0.6) is 0 Å². The maximum Gasteiger partial charge on any atom is 0.174 e. The molecule has 0 bridgehead atoms. The first-order valence-electron chi connectivity index (χ1n) is 10.1. The van der Waals surface area contributed by atoms with E-state index in [0.29, 0.717) is 27.3 Å². The van der Waals surface area contributed by atoms with E-state index in [-0.39, 0.29) is 11.9 Å². The Morgan fingerprint density at radius 1 is 1.06 bits per heavy atom. The summed E-state index contributed by atoms with van der Waals surface area (Å²) in [6.45, 7) is 1.95. The van der Waals surface area contributed by atoms with E-state index in [1.54, 1.807) is 29.3 Å². The molecule has 2 aromatic heterocycles. The first kappa shape index (κ1) is 20.7. The molecule has 4 aromatic rings. The molecule has 1 fully saturated rings. The molecule has 1 saturated heterocycles. The average Bonchev–Trinajstić information content (AvgIpc) is 3.41. The van der Waals surface area contributed by atoms with Crippen molar-refractivity contribution in [2.45, 2.75) is 19.0 Å². The Morgan fingerprint density at radius 3 is 2.62 bits per heavy atom. The molecule has 1 aliphatic heterocycles. The van der Waals surface area contributed by atoms with Crippen molar-refractivity contribution in [3.05, 3.63) is 107 Å². The highest BCUT2D eigenvalue weighted by molar-refractivity contribution is 7.80. The number of rotatable bonds is 4. The predicted molar refractivity (Wildman–Crippen MR) is 128 cm³/mol. The first-order valence-corrected chi connectivity index (χ1v) is 10.9. The minimum Gasteiger partial charge on any atom is -0.459 e. The van der Waals surface area contributed by atoms with Crippen LogP contribution in [-0.2, 0) is 0 Å². The number of thiocarbonyl (C=S) groups is 1. The van der Waals surface area contributed by atoms with Crippen LogP contribution in [0.3, 0.4) is 0 Å². The maximum absolute atomic E-state index is 14.8. The van der Waals surface area contributed by atoms with Crippen molar-refractivity contribution >= 4 is 34.6 Å². The smallest absolute Gasteiger partial charge is 0.174 e. The van der Waals surface area contributed by atoms with Crippen LogP contribution in [0.25, 0.3) is 11.3 Å². The largest absolute Gasteiger partial charge is 0.459 e. The van der Waals surface area contributed by atoms with Crippen molar-refractivity contribution in [1.29, 1.82) is 0 Å². The molecule has 3 heterocycles. The number of hydrogen-bond acceptors (Lipinski definition) is 3. The zero-order chi connectivity index (χ0) is 22.2. The standard InChI is InChI=1S/C25H19ClFN3OS/c1-15-9-10-16(14-17(15)26)21-11-12-22(31-21)24-23(19-7-4-5-13-28-19)29-25(32)30(24)20-8-3-2-6-18(20)27/h2-14,23-24H,1H3,(H,29,32)/t23-,24+/m0/s1. The highest BCUT2D eigenvalue weighted by atomic mass is 35.5. The molecule has 0 amide bonds. The van der Waals surface area contributed by atoms with Gasteiger partial charge in [-0.25, -0.2) is 4.39 Å². The van der Waals surface area contributed by atoms with Crippen LogP contribution in [0.2, 0.25) is 5.02 Å². The molecule has 0 radical (unpaired) electrons. The fraction of sp³-hybridized carbons (Fsp3) is 0.120. The van der Waals surface area contributed by atoms with Gasteiger partial charge in [-0.1, -0.05) is 41.9 Å². The van der Waals surface area contributed by atoms with Gasteiger partial charge in [-0.3, -0.25) is 4.98 Å². The highest BCUT2D eigenvalue weighted by Gasteiger charge is 2.43. The number of aryl methyl sites for hydroxylation is 1. The summed E-state index contributed by atoms with van der Waals surface area (Å²) < 4.78 is 21.1. The number of furan rings is 1. The molecule has 1 aliphatic rings. The monoisotopic (exact) mass is 463 g/mol. The molecule has 5 rings (SSSR count). The zero-order valence-corrected chi connectivity index (χ0v) is 18.7. The molecule has 0 spiro atoms. The number of nitrogens with zero attached hydrogens (tertiary/aromatic N) is 2. The average molecular weight is 464 g/mol. The second kappa shape index (κ2) is 8.37. The number of hydrogen-bond donors (Lipinski definition) is 1. The Morgan fingerprint density at radius 2 is 1.88 bits per heavy atom. The fourth-order valence-electron chi connectivity index (χ4n) is 3.96. The normalized spacial score (nSPS) is 18.1. The number of nitrogens with one attached hydrogen (secondary N) is 1. The Balaban J connectivity index is 1.61. The van der Waals surface area contributed by atoms with Crippen molar-refractivity contribution in [2.24, 2.45) is 0 Å². The number of halogens is 2. The molecular formula is C25H19ClFN3OS. The highest BCUT2D eigenvalue weighted by Crippen LogP contribution is 2.43. The lowest BCUT2D eigenvalue weighted by molar-refractivity contribution is 0.438. The SMILES string of the molecule is Cc1ccc(-c2ccc([C@@H]3[C@H](c4ccccn4)NC(=S)N3c3ccccc3F)o2)cc1Cl. The van der Waals surface area contributed by atoms with Gasteiger partial charge in [0.2, 0.25) is 0 Å². The summed E-state index contributed by atoms with van der Waals surface area (Å²) in [7, 11) is 0. The quantitative estimate of drug-likeness (QED) is 0.344. The molecule has 7 heteroatoms. The van der Waals surface area contributed by atoms with E-state index in [0.717, 1.165) is 16.8 Å². The van der Waals surface area contributed by atoms with Gasteiger partial charge in [-0.05, 0) is 67.2 Å². The van der Waals surface area contributed by atoms with E-state index in [1.165, 1.54) is 6.07 Å². The van der Waals surface area contributed by atoms with Crippen LogP contribution in [0, 0.1) is 12.7 Å². The molecule has 32 heavy (non-hydrogen) atoms. The van der Waals surface area contributed by atoms with Gasteiger partial charge in [-0.15, -0.1) is 0 Å². The lowest BCUT2D eigenvalue weighted by Gasteiger charge is -2.26. The molecule has 0 saturated carbocycles. The number of para-hydroxylation sites is 1. The molecular weight excluding hydrogens is 445 g/mol. The Kier molecular flexibility index (Phi) is 5.41. The van der Waals surface area contributed by atoms with Crippen LogP contribution in [0.15, 0.2) is 83.4 Å². The van der Waals surface area contributed by atoms with Gasteiger partial charge < -0.3 is 14.6 Å². The fourth-order valence-corrected chi connectivity index (χ4v) is 4.48. The summed E-state index contributed by atoms with van der Waals surface area (Å²) in [6, 6.07) is 21.1. The lowest BCUT2D eigenvalue weighted by Crippen LogP contribution is -2.30. The van der Waals surface area contributed by atoms with Crippen molar-refractivity contribution in [2.75, 3.05) is 4.90 Å². The summed E-state index contributed by atoms with van der Waals surface area (Å²) in [5.74, 6) is 0.955. The number of benzene rings is 2. The second-order valence-corrected chi connectivity index (χ2v) is 8.41. The van der Waals surface area contributed by atoms with Crippen molar-refractivity contribution in [3.8, 4) is 11.3 Å². The van der Waals surface area contributed by atoms with Crippen molar-refractivity contribution < 1.29 is 8.81 Å². The Hall–Kier alpha value is -3.22. The van der Waals surface area contributed by atoms with Gasteiger partial charge in [0.1, 0.15) is 23.4 Å². The van der Waals surface area contributed by atoms with Gasteiger partial charge in [-0.2, -0.15) is 0 Å². The van der Waals surface area contributed by atoms with Crippen molar-refractivity contribution in [3.63, 3.8) is 0 Å². The molecule has 1 N–H and O–H groups in total. The molecule has 4 nitrogen and oxygen atoms in total.